The number of nitrogens with zero attached hydrogens (tertiary/aromatic N) is 1. The predicted octanol–water partition coefficient (Wildman–Crippen LogP) is 2.95. The van der Waals surface area contributed by atoms with Gasteiger partial charge < -0.3 is 25.3 Å². The van der Waals surface area contributed by atoms with Gasteiger partial charge in [0.05, 0.1) is 20.8 Å². The molecule has 0 aliphatic heterocycles. The maximum atomic E-state index is 12.4. The Labute approximate surface area is 156 Å². The van der Waals surface area contributed by atoms with Gasteiger partial charge in [0, 0.05) is 6.54 Å². The van der Waals surface area contributed by atoms with E-state index in [2.05, 4.69) is 15.0 Å². The van der Waals surface area contributed by atoms with Crippen molar-refractivity contribution in [3.05, 3.63) is 53.6 Å². The van der Waals surface area contributed by atoms with Crippen LogP contribution >= 0.6 is 0 Å². The zero-order chi connectivity index (χ0) is 19.6. The summed E-state index contributed by atoms with van der Waals surface area (Å²) in [5, 5.41) is 2.96. The minimum absolute atomic E-state index is 0.162. The van der Waals surface area contributed by atoms with Crippen LogP contribution in [0.15, 0.2) is 47.5 Å². The van der Waals surface area contributed by atoms with Crippen molar-refractivity contribution in [2.75, 3.05) is 20.8 Å². The fourth-order valence-electron chi connectivity index (χ4n) is 2.46. The first-order valence-electron chi connectivity index (χ1n) is 8.31. The number of rotatable bonds is 9. The average Bonchev–Trinajstić information content (AvgIpc) is 2.67. The normalized spacial score (nSPS) is 11.4. The van der Waals surface area contributed by atoms with Gasteiger partial charge >= 0.3 is 6.61 Å². The van der Waals surface area contributed by atoms with Gasteiger partial charge in [-0.3, -0.25) is 0 Å². The first-order chi connectivity index (χ1) is 13.0. The number of para-hydroxylation sites is 1. The summed E-state index contributed by atoms with van der Waals surface area (Å²) in [6.07, 6.45) is 0.468. The first-order valence-corrected chi connectivity index (χ1v) is 8.31. The largest absolute Gasteiger partial charge is 0.493 e. The molecule has 2 rings (SSSR count). The van der Waals surface area contributed by atoms with Gasteiger partial charge in [0.15, 0.2) is 17.5 Å². The van der Waals surface area contributed by atoms with Crippen LogP contribution in [0.2, 0.25) is 0 Å². The standard InChI is InChI=1S/C19H23F2N3O3/c1-25-16-8-7-13(11-17(16)26-2)12-24-19(22)23-10-9-14-5-3-4-6-15(14)27-18(20)21/h3-8,11,18H,9-10,12H2,1-2H3,(H3,22,23,24). The van der Waals surface area contributed by atoms with Crippen molar-refractivity contribution in [2.24, 2.45) is 10.7 Å². The lowest BCUT2D eigenvalue weighted by Crippen LogP contribution is -2.33. The molecule has 27 heavy (non-hydrogen) atoms. The van der Waals surface area contributed by atoms with E-state index in [0.29, 0.717) is 36.6 Å². The van der Waals surface area contributed by atoms with Crippen molar-refractivity contribution in [1.82, 2.24) is 5.32 Å². The number of benzene rings is 2. The maximum Gasteiger partial charge on any atom is 0.387 e. The summed E-state index contributed by atoms with van der Waals surface area (Å²) >= 11 is 0. The Morgan fingerprint density at radius 3 is 2.52 bits per heavy atom. The van der Waals surface area contributed by atoms with Gasteiger partial charge in [-0.1, -0.05) is 24.3 Å². The molecule has 0 saturated heterocycles. The van der Waals surface area contributed by atoms with Crippen LogP contribution in [0.25, 0.3) is 0 Å². The number of hydrogen-bond donors (Lipinski definition) is 2. The van der Waals surface area contributed by atoms with Gasteiger partial charge in [-0.15, -0.1) is 0 Å². The lowest BCUT2D eigenvalue weighted by Gasteiger charge is -2.11. The van der Waals surface area contributed by atoms with Crippen LogP contribution in [0.5, 0.6) is 17.2 Å². The van der Waals surface area contributed by atoms with Gasteiger partial charge in [0.2, 0.25) is 0 Å². The van der Waals surface area contributed by atoms with Crippen LogP contribution in [0.1, 0.15) is 11.1 Å². The van der Waals surface area contributed by atoms with Crippen molar-refractivity contribution in [2.45, 2.75) is 19.6 Å². The summed E-state index contributed by atoms with van der Waals surface area (Å²) in [4.78, 5) is 4.26. The van der Waals surface area contributed by atoms with E-state index in [1.165, 1.54) is 6.07 Å². The second kappa shape index (κ2) is 10.2. The number of nitrogens with two attached hydrogens (primary N) is 1. The molecule has 0 amide bonds. The number of aliphatic imine (C=N–C) groups is 1. The highest BCUT2D eigenvalue weighted by Gasteiger charge is 2.09. The Morgan fingerprint density at radius 1 is 1.07 bits per heavy atom. The van der Waals surface area contributed by atoms with E-state index in [0.717, 1.165) is 5.56 Å². The molecule has 3 N–H and O–H groups in total. The highest BCUT2D eigenvalue weighted by molar-refractivity contribution is 5.77. The number of halogens is 2. The van der Waals surface area contributed by atoms with Crippen LogP contribution in [0.3, 0.4) is 0 Å². The third-order valence-electron chi connectivity index (χ3n) is 3.77. The van der Waals surface area contributed by atoms with E-state index in [1.54, 1.807) is 38.5 Å². The monoisotopic (exact) mass is 379 g/mol. The molecule has 6 nitrogen and oxygen atoms in total. The molecule has 0 fully saturated rings. The van der Waals surface area contributed by atoms with Gasteiger partial charge in [-0.25, -0.2) is 4.99 Å². The maximum absolute atomic E-state index is 12.4. The van der Waals surface area contributed by atoms with Crippen LogP contribution in [-0.4, -0.2) is 33.3 Å². The van der Waals surface area contributed by atoms with Crippen molar-refractivity contribution in [3.8, 4) is 17.2 Å². The summed E-state index contributed by atoms with van der Waals surface area (Å²) in [7, 11) is 3.14. The minimum Gasteiger partial charge on any atom is -0.493 e. The first kappa shape index (κ1) is 20.3. The molecule has 2 aromatic carbocycles. The molecule has 0 aromatic heterocycles. The summed E-state index contributed by atoms with van der Waals surface area (Å²) in [5.74, 6) is 1.68. The van der Waals surface area contributed by atoms with Crippen molar-refractivity contribution in [3.63, 3.8) is 0 Å². The molecule has 0 aliphatic rings. The molecule has 2 aromatic rings. The lowest BCUT2D eigenvalue weighted by molar-refractivity contribution is -0.0504. The second-order valence-electron chi connectivity index (χ2n) is 5.55. The second-order valence-corrected chi connectivity index (χ2v) is 5.55. The Hall–Kier alpha value is -3.03. The molecule has 0 saturated carbocycles. The van der Waals surface area contributed by atoms with Crippen molar-refractivity contribution >= 4 is 5.96 Å². The molecule has 0 unspecified atom stereocenters. The molecular weight excluding hydrogens is 356 g/mol. The summed E-state index contributed by atoms with van der Waals surface area (Å²) < 4.78 is 39.8. The summed E-state index contributed by atoms with van der Waals surface area (Å²) in [5.41, 5.74) is 7.44. The van der Waals surface area contributed by atoms with Crippen molar-refractivity contribution < 1.29 is 23.0 Å². The minimum atomic E-state index is -2.85. The smallest absolute Gasteiger partial charge is 0.387 e. The molecule has 0 aliphatic carbocycles. The van der Waals surface area contributed by atoms with Crippen LogP contribution < -0.4 is 25.3 Å². The molecule has 0 spiro atoms. The highest BCUT2D eigenvalue weighted by atomic mass is 19.3. The fourth-order valence-corrected chi connectivity index (χ4v) is 2.46. The number of hydrogen-bond acceptors (Lipinski definition) is 4. The molecule has 0 atom stereocenters. The number of guanidine groups is 1. The van der Waals surface area contributed by atoms with Crippen molar-refractivity contribution in [1.29, 1.82) is 0 Å². The third kappa shape index (κ3) is 6.32. The number of nitrogens with one attached hydrogen (secondary N) is 1. The fraction of sp³-hybridized carbons (Fsp3) is 0.316. The number of methoxy groups -OCH3 is 2. The quantitative estimate of drug-likeness (QED) is 0.517. The SMILES string of the molecule is COc1ccc(CN=C(N)NCCc2ccccc2OC(F)F)cc1OC. The molecule has 0 bridgehead atoms. The average molecular weight is 379 g/mol. The third-order valence-corrected chi connectivity index (χ3v) is 3.77. The molecule has 0 heterocycles. The molecule has 0 radical (unpaired) electrons. The summed E-state index contributed by atoms with van der Waals surface area (Å²) in [6.45, 7) is -2.05. The number of alkyl halides is 2. The van der Waals surface area contributed by atoms with E-state index < -0.39 is 6.61 Å². The lowest BCUT2D eigenvalue weighted by atomic mass is 10.1. The van der Waals surface area contributed by atoms with Gasteiger partial charge in [-0.05, 0) is 35.7 Å². The van der Waals surface area contributed by atoms with Gasteiger partial charge in [0.25, 0.3) is 0 Å². The van der Waals surface area contributed by atoms with Crippen LogP contribution in [0.4, 0.5) is 8.78 Å². The summed E-state index contributed by atoms with van der Waals surface area (Å²) in [6, 6.07) is 12.2. The van der Waals surface area contributed by atoms with E-state index in [9.17, 15) is 8.78 Å². The van der Waals surface area contributed by atoms with E-state index >= 15 is 0 Å². The molecule has 146 valence electrons. The van der Waals surface area contributed by atoms with Gasteiger partial charge in [-0.2, -0.15) is 8.78 Å². The predicted molar refractivity (Wildman–Crippen MR) is 99.7 cm³/mol. The van der Waals surface area contributed by atoms with E-state index in [-0.39, 0.29) is 11.7 Å². The van der Waals surface area contributed by atoms with E-state index in [4.69, 9.17) is 15.2 Å². The highest BCUT2D eigenvalue weighted by Crippen LogP contribution is 2.27. The van der Waals surface area contributed by atoms with E-state index in [1.807, 2.05) is 12.1 Å². The zero-order valence-corrected chi connectivity index (χ0v) is 15.2. The molecular formula is C19H23F2N3O3. The number of ether oxygens (including phenoxy) is 3. The zero-order valence-electron chi connectivity index (χ0n) is 15.2. The van der Waals surface area contributed by atoms with Crippen LogP contribution in [-0.2, 0) is 13.0 Å². The Bertz CT molecular complexity index is 770. The molecule has 8 heteroatoms. The topological polar surface area (TPSA) is 78.1 Å². The Morgan fingerprint density at radius 2 is 1.81 bits per heavy atom. The Balaban J connectivity index is 1.88. The van der Waals surface area contributed by atoms with Crippen LogP contribution in [0, 0.1) is 0 Å². The Kier molecular flexibility index (Phi) is 7.66. The van der Waals surface area contributed by atoms with Gasteiger partial charge in [0.1, 0.15) is 5.75 Å².